The van der Waals surface area contributed by atoms with E-state index >= 15 is 0 Å². The lowest BCUT2D eigenvalue weighted by atomic mass is 10.2. The number of aryl methyl sites for hydroxylation is 1. The fourth-order valence-electron chi connectivity index (χ4n) is 3.51. The summed E-state index contributed by atoms with van der Waals surface area (Å²) in [5.41, 5.74) is -0.738. The van der Waals surface area contributed by atoms with Gasteiger partial charge < -0.3 is 5.32 Å². The number of rotatable bonds is 4. The smallest absolute Gasteiger partial charge is 0.337 e. The van der Waals surface area contributed by atoms with Crippen LogP contribution in [-0.2, 0) is 13.6 Å². The lowest BCUT2D eigenvalue weighted by Gasteiger charge is -2.18. The molecule has 2 heterocycles. The van der Waals surface area contributed by atoms with Gasteiger partial charge in [0.05, 0.1) is 17.1 Å². The highest BCUT2D eigenvalue weighted by molar-refractivity contribution is 9.10. The SMILES string of the molecule is CCn1c(=O)c2c(Nc3ccc(Br)cc3F)cc(=O)n(C)c2n(-c2ccccc2)c1=O. The van der Waals surface area contributed by atoms with Crippen LogP contribution in [0.1, 0.15) is 6.92 Å². The van der Waals surface area contributed by atoms with Crippen LogP contribution >= 0.6 is 15.9 Å². The quantitative estimate of drug-likeness (QED) is 0.480. The summed E-state index contributed by atoms with van der Waals surface area (Å²) in [4.78, 5) is 39.2. The molecule has 9 heteroatoms. The van der Waals surface area contributed by atoms with Crippen LogP contribution in [0.25, 0.3) is 16.7 Å². The van der Waals surface area contributed by atoms with Crippen molar-refractivity contribution in [3.63, 3.8) is 0 Å². The minimum Gasteiger partial charge on any atom is -0.352 e. The van der Waals surface area contributed by atoms with Crippen molar-refractivity contribution in [1.29, 1.82) is 0 Å². The summed E-state index contributed by atoms with van der Waals surface area (Å²) in [6.45, 7) is 1.82. The summed E-state index contributed by atoms with van der Waals surface area (Å²) in [7, 11) is 1.49. The Hall–Kier alpha value is -3.46. The molecule has 0 amide bonds. The Balaban J connectivity index is 2.15. The fourth-order valence-corrected chi connectivity index (χ4v) is 3.85. The van der Waals surface area contributed by atoms with Gasteiger partial charge in [0.15, 0.2) is 0 Å². The van der Waals surface area contributed by atoms with E-state index in [0.717, 1.165) is 4.57 Å². The zero-order chi connectivity index (χ0) is 22.3. The number of fused-ring (bicyclic) bond motifs is 1. The topological polar surface area (TPSA) is 78.0 Å². The van der Waals surface area contributed by atoms with E-state index in [0.29, 0.717) is 10.2 Å². The van der Waals surface area contributed by atoms with Crippen LogP contribution in [0.5, 0.6) is 0 Å². The molecule has 0 aliphatic carbocycles. The van der Waals surface area contributed by atoms with E-state index in [1.54, 1.807) is 43.3 Å². The molecule has 4 rings (SSSR count). The standard InChI is InChI=1S/C22H18BrFN4O3/c1-3-27-21(30)19-17(25-16-10-9-13(23)11-15(16)24)12-18(29)26(2)20(19)28(22(27)31)14-7-5-4-6-8-14/h4-12,25H,3H2,1-2H3. The van der Waals surface area contributed by atoms with Gasteiger partial charge in [0.1, 0.15) is 16.9 Å². The van der Waals surface area contributed by atoms with Crippen LogP contribution in [0.2, 0.25) is 0 Å². The first kappa shape index (κ1) is 20.8. The molecule has 2 aromatic heterocycles. The molecule has 31 heavy (non-hydrogen) atoms. The number of pyridine rings is 1. The molecule has 0 saturated heterocycles. The van der Waals surface area contributed by atoms with E-state index in [4.69, 9.17) is 0 Å². The number of hydrogen-bond donors (Lipinski definition) is 1. The highest BCUT2D eigenvalue weighted by atomic mass is 79.9. The maximum Gasteiger partial charge on any atom is 0.337 e. The van der Waals surface area contributed by atoms with Gasteiger partial charge in [0, 0.05) is 24.1 Å². The summed E-state index contributed by atoms with van der Waals surface area (Å²) in [6, 6.07) is 14.4. The minimum absolute atomic E-state index is 0.0951. The van der Waals surface area contributed by atoms with Gasteiger partial charge in [0.25, 0.3) is 11.1 Å². The van der Waals surface area contributed by atoms with Crippen LogP contribution in [0, 0.1) is 5.82 Å². The van der Waals surface area contributed by atoms with E-state index in [1.165, 1.54) is 34.4 Å². The molecule has 0 aliphatic heterocycles. The first-order valence-corrected chi connectivity index (χ1v) is 10.3. The predicted molar refractivity (Wildman–Crippen MR) is 122 cm³/mol. The molecule has 0 bridgehead atoms. The summed E-state index contributed by atoms with van der Waals surface area (Å²) in [5, 5.41) is 2.97. The Morgan fingerprint density at radius 1 is 1.00 bits per heavy atom. The molecule has 158 valence electrons. The predicted octanol–water partition coefficient (Wildman–Crippen LogP) is 3.52. The van der Waals surface area contributed by atoms with Crippen molar-refractivity contribution in [2.75, 3.05) is 5.32 Å². The highest BCUT2D eigenvalue weighted by Gasteiger charge is 2.20. The molecule has 0 fully saturated rings. The van der Waals surface area contributed by atoms with Crippen LogP contribution in [0.4, 0.5) is 15.8 Å². The van der Waals surface area contributed by atoms with Gasteiger partial charge in [-0.15, -0.1) is 0 Å². The number of benzene rings is 2. The maximum absolute atomic E-state index is 14.5. The van der Waals surface area contributed by atoms with Crippen molar-refractivity contribution >= 4 is 38.3 Å². The first-order valence-electron chi connectivity index (χ1n) is 9.50. The zero-order valence-corrected chi connectivity index (χ0v) is 18.3. The first-order chi connectivity index (χ1) is 14.8. The normalized spacial score (nSPS) is 11.1. The van der Waals surface area contributed by atoms with E-state index in [2.05, 4.69) is 21.2 Å². The van der Waals surface area contributed by atoms with Gasteiger partial charge in [-0.05, 0) is 37.3 Å². The molecule has 0 saturated carbocycles. The van der Waals surface area contributed by atoms with Crippen molar-refractivity contribution in [2.24, 2.45) is 7.05 Å². The lowest BCUT2D eigenvalue weighted by Crippen LogP contribution is -2.41. The van der Waals surface area contributed by atoms with Crippen molar-refractivity contribution in [2.45, 2.75) is 13.5 Å². The summed E-state index contributed by atoms with van der Waals surface area (Å²) >= 11 is 3.20. The fraction of sp³-hybridized carbons (Fsp3) is 0.136. The van der Waals surface area contributed by atoms with Gasteiger partial charge in [-0.25, -0.2) is 13.8 Å². The average Bonchev–Trinajstić information content (AvgIpc) is 2.74. The molecule has 0 atom stereocenters. The second-order valence-electron chi connectivity index (χ2n) is 6.91. The molecule has 0 radical (unpaired) electrons. The highest BCUT2D eigenvalue weighted by Crippen LogP contribution is 2.26. The summed E-state index contributed by atoms with van der Waals surface area (Å²) < 4.78 is 18.7. The number of hydrogen-bond acceptors (Lipinski definition) is 4. The summed E-state index contributed by atoms with van der Waals surface area (Å²) in [6.07, 6.45) is 0. The Bertz CT molecular complexity index is 1490. The number of aromatic nitrogens is 3. The Morgan fingerprint density at radius 2 is 1.71 bits per heavy atom. The third-order valence-corrected chi connectivity index (χ3v) is 5.53. The zero-order valence-electron chi connectivity index (χ0n) is 16.7. The molecule has 2 aromatic carbocycles. The Kier molecular flexibility index (Phi) is 5.36. The van der Waals surface area contributed by atoms with Gasteiger partial charge in [-0.2, -0.15) is 0 Å². The van der Waals surface area contributed by atoms with Crippen molar-refractivity contribution in [1.82, 2.24) is 13.7 Å². The average molecular weight is 485 g/mol. The van der Waals surface area contributed by atoms with Crippen molar-refractivity contribution in [3.05, 3.63) is 96.1 Å². The number of halogens is 2. The Morgan fingerprint density at radius 3 is 2.35 bits per heavy atom. The summed E-state index contributed by atoms with van der Waals surface area (Å²) in [5.74, 6) is -0.560. The molecule has 1 N–H and O–H groups in total. The maximum atomic E-state index is 14.5. The third kappa shape index (κ3) is 3.50. The number of para-hydroxylation sites is 1. The van der Waals surface area contributed by atoms with Crippen LogP contribution in [0.15, 0.2) is 73.5 Å². The van der Waals surface area contributed by atoms with Crippen LogP contribution in [0.3, 0.4) is 0 Å². The lowest BCUT2D eigenvalue weighted by molar-refractivity contribution is 0.631. The van der Waals surface area contributed by atoms with E-state index in [9.17, 15) is 18.8 Å². The minimum atomic E-state index is -0.565. The monoisotopic (exact) mass is 484 g/mol. The molecular formula is C22H18BrFN4O3. The number of nitrogens with zero attached hydrogens (tertiary/aromatic N) is 3. The molecule has 4 aromatic rings. The second-order valence-corrected chi connectivity index (χ2v) is 7.82. The molecule has 0 unspecified atom stereocenters. The van der Waals surface area contributed by atoms with E-state index in [-0.39, 0.29) is 29.0 Å². The van der Waals surface area contributed by atoms with Crippen LogP contribution < -0.4 is 22.1 Å². The van der Waals surface area contributed by atoms with Gasteiger partial charge >= 0.3 is 5.69 Å². The molecule has 0 spiro atoms. The number of anilines is 2. The van der Waals surface area contributed by atoms with Crippen LogP contribution in [-0.4, -0.2) is 13.7 Å². The Labute approximate surface area is 184 Å². The van der Waals surface area contributed by atoms with E-state index < -0.39 is 22.6 Å². The van der Waals surface area contributed by atoms with Gasteiger partial charge in [-0.3, -0.25) is 18.7 Å². The third-order valence-electron chi connectivity index (χ3n) is 5.03. The van der Waals surface area contributed by atoms with Gasteiger partial charge in [-0.1, -0.05) is 34.1 Å². The van der Waals surface area contributed by atoms with Gasteiger partial charge in [0.2, 0.25) is 0 Å². The second kappa shape index (κ2) is 7.99. The molecular weight excluding hydrogens is 467 g/mol. The largest absolute Gasteiger partial charge is 0.352 e. The number of nitrogens with one attached hydrogen (secondary N) is 1. The molecule has 7 nitrogen and oxygen atoms in total. The van der Waals surface area contributed by atoms with Crippen molar-refractivity contribution in [3.8, 4) is 5.69 Å². The molecule has 0 aliphatic rings. The van der Waals surface area contributed by atoms with E-state index in [1.807, 2.05) is 0 Å². The van der Waals surface area contributed by atoms with Crippen molar-refractivity contribution < 1.29 is 4.39 Å².